The van der Waals surface area contributed by atoms with E-state index in [4.69, 9.17) is 9.72 Å². The fourth-order valence-electron chi connectivity index (χ4n) is 4.10. The average molecular weight is 459 g/mol. The van der Waals surface area contributed by atoms with Gasteiger partial charge in [-0.15, -0.1) is 10.2 Å². The largest absolute Gasteiger partial charge is 0.461 e. The molecule has 0 saturated heterocycles. The van der Waals surface area contributed by atoms with Crippen molar-refractivity contribution >= 4 is 5.97 Å². The van der Waals surface area contributed by atoms with Gasteiger partial charge in [-0.1, -0.05) is 69.3 Å². The summed E-state index contributed by atoms with van der Waals surface area (Å²) < 4.78 is 7.42. The van der Waals surface area contributed by atoms with E-state index >= 15 is 0 Å². The number of esters is 1. The second-order valence-electron chi connectivity index (χ2n) is 8.45. The molecular formula is C26H30N6O2. The molecule has 8 nitrogen and oxygen atoms in total. The normalized spacial score (nSPS) is 11.2. The first-order valence-electron chi connectivity index (χ1n) is 11.7. The second-order valence-corrected chi connectivity index (χ2v) is 8.45. The van der Waals surface area contributed by atoms with E-state index in [9.17, 15) is 4.79 Å². The predicted octanol–water partition coefficient (Wildman–Crippen LogP) is 5.03. The summed E-state index contributed by atoms with van der Waals surface area (Å²) in [6.07, 6.45) is 1.75. The fraction of sp³-hybridized carbons (Fsp3) is 0.346. The number of carbonyl (C=O) groups is 1. The van der Waals surface area contributed by atoms with Crippen LogP contribution in [0.3, 0.4) is 0 Å². The number of aromatic amines is 1. The minimum atomic E-state index is -0.313. The zero-order valence-electron chi connectivity index (χ0n) is 20.1. The smallest absolute Gasteiger partial charge is 0.356 e. The van der Waals surface area contributed by atoms with Crippen LogP contribution in [0.1, 0.15) is 67.6 Å². The van der Waals surface area contributed by atoms with E-state index in [0.29, 0.717) is 24.7 Å². The molecule has 4 aromatic rings. The van der Waals surface area contributed by atoms with Gasteiger partial charge in [0.15, 0.2) is 5.69 Å². The summed E-state index contributed by atoms with van der Waals surface area (Å²) in [5, 5.41) is 14.5. The number of ether oxygens (including phenoxy) is 1. The molecule has 0 radical (unpaired) electrons. The van der Waals surface area contributed by atoms with Crippen LogP contribution >= 0.6 is 0 Å². The lowest BCUT2D eigenvalue weighted by Crippen LogP contribution is -2.17. The van der Waals surface area contributed by atoms with Gasteiger partial charge in [0.2, 0.25) is 5.82 Å². The molecular weight excluding hydrogens is 428 g/mol. The Labute approximate surface area is 199 Å². The van der Waals surface area contributed by atoms with Gasteiger partial charge in [0.1, 0.15) is 5.82 Å². The Hall–Kier alpha value is -3.81. The first kappa shape index (κ1) is 23.4. The Morgan fingerprint density at radius 3 is 2.41 bits per heavy atom. The Morgan fingerprint density at radius 2 is 1.79 bits per heavy atom. The van der Waals surface area contributed by atoms with E-state index in [0.717, 1.165) is 46.6 Å². The molecule has 176 valence electrons. The van der Waals surface area contributed by atoms with Crippen molar-refractivity contribution in [1.82, 2.24) is 30.2 Å². The molecule has 0 aliphatic carbocycles. The summed E-state index contributed by atoms with van der Waals surface area (Å²) >= 11 is 0. The van der Waals surface area contributed by atoms with Gasteiger partial charge in [-0.25, -0.2) is 9.78 Å². The van der Waals surface area contributed by atoms with Crippen molar-refractivity contribution in [1.29, 1.82) is 0 Å². The van der Waals surface area contributed by atoms with Crippen LogP contribution in [0.4, 0.5) is 0 Å². The highest BCUT2D eigenvalue weighted by molar-refractivity contribution is 5.89. The van der Waals surface area contributed by atoms with Crippen LogP contribution in [0.25, 0.3) is 22.5 Å². The van der Waals surface area contributed by atoms with Crippen LogP contribution in [0.5, 0.6) is 0 Å². The first-order valence-corrected chi connectivity index (χ1v) is 11.7. The molecule has 2 aromatic carbocycles. The van der Waals surface area contributed by atoms with E-state index in [2.05, 4.69) is 65.7 Å². The third kappa shape index (κ3) is 4.76. The maximum atomic E-state index is 12.9. The van der Waals surface area contributed by atoms with Crippen molar-refractivity contribution in [3.63, 3.8) is 0 Å². The summed E-state index contributed by atoms with van der Waals surface area (Å²) in [4.78, 5) is 17.7. The molecule has 0 aliphatic heterocycles. The van der Waals surface area contributed by atoms with Gasteiger partial charge in [0, 0.05) is 18.5 Å². The van der Waals surface area contributed by atoms with Crippen molar-refractivity contribution in [2.75, 3.05) is 6.61 Å². The summed E-state index contributed by atoms with van der Waals surface area (Å²) in [5.41, 5.74) is 5.43. The van der Waals surface area contributed by atoms with Crippen molar-refractivity contribution < 1.29 is 9.53 Å². The van der Waals surface area contributed by atoms with E-state index in [1.807, 2.05) is 35.8 Å². The minimum Gasteiger partial charge on any atom is -0.461 e. The SMILES string of the molecule is CCCc1nc(C(C)C)c(C(=O)OCC)n1Cc1ccc(-c2ccccc2-c2nn[nH]n2)cc1. The third-order valence-electron chi connectivity index (χ3n) is 5.68. The predicted molar refractivity (Wildman–Crippen MR) is 130 cm³/mol. The minimum absolute atomic E-state index is 0.125. The zero-order valence-corrected chi connectivity index (χ0v) is 20.1. The lowest BCUT2D eigenvalue weighted by Gasteiger charge is -2.14. The number of carbonyl (C=O) groups excluding carboxylic acids is 1. The third-order valence-corrected chi connectivity index (χ3v) is 5.68. The summed E-state index contributed by atoms with van der Waals surface area (Å²) in [6, 6.07) is 16.3. The molecule has 0 unspecified atom stereocenters. The van der Waals surface area contributed by atoms with Crippen LogP contribution in [-0.2, 0) is 17.7 Å². The topological polar surface area (TPSA) is 98.6 Å². The molecule has 2 aromatic heterocycles. The van der Waals surface area contributed by atoms with Crippen LogP contribution in [0, 0.1) is 0 Å². The number of imidazole rings is 1. The highest BCUT2D eigenvalue weighted by Gasteiger charge is 2.25. The van der Waals surface area contributed by atoms with Crippen LogP contribution in [-0.4, -0.2) is 42.8 Å². The number of hydrogen-bond acceptors (Lipinski definition) is 6. The number of nitrogens with zero attached hydrogens (tertiary/aromatic N) is 5. The molecule has 0 atom stereocenters. The number of rotatable bonds is 9. The number of aryl methyl sites for hydroxylation is 1. The van der Waals surface area contributed by atoms with Crippen LogP contribution < -0.4 is 0 Å². The first-order chi connectivity index (χ1) is 16.5. The summed E-state index contributed by atoms with van der Waals surface area (Å²) in [5.74, 6) is 1.29. The van der Waals surface area contributed by atoms with Gasteiger partial charge in [-0.2, -0.15) is 5.21 Å². The Kier molecular flexibility index (Phi) is 7.15. The zero-order chi connectivity index (χ0) is 24.1. The molecule has 0 fully saturated rings. The van der Waals surface area contributed by atoms with Gasteiger partial charge in [-0.3, -0.25) is 0 Å². The van der Waals surface area contributed by atoms with Gasteiger partial charge in [0.25, 0.3) is 0 Å². The Balaban J connectivity index is 1.69. The van der Waals surface area contributed by atoms with Crippen molar-refractivity contribution in [2.45, 2.75) is 53.0 Å². The Bertz CT molecular complexity index is 1240. The van der Waals surface area contributed by atoms with Gasteiger partial charge in [-0.05, 0) is 41.2 Å². The molecule has 0 saturated carbocycles. The van der Waals surface area contributed by atoms with Gasteiger partial charge < -0.3 is 9.30 Å². The van der Waals surface area contributed by atoms with Gasteiger partial charge in [0.05, 0.1) is 12.3 Å². The lowest BCUT2D eigenvalue weighted by molar-refractivity contribution is 0.0512. The fourth-order valence-corrected chi connectivity index (χ4v) is 4.10. The maximum absolute atomic E-state index is 12.9. The molecule has 8 heteroatoms. The van der Waals surface area contributed by atoms with E-state index < -0.39 is 0 Å². The second kappa shape index (κ2) is 10.4. The van der Waals surface area contributed by atoms with E-state index in [1.54, 1.807) is 0 Å². The summed E-state index contributed by atoms with van der Waals surface area (Å²) in [6.45, 7) is 8.94. The standard InChI is InChI=1S/C26H30N6O2/c1-5-9-22-27-23(17(3)4)24(26(33)34-6-2)32(22)16-18-12-14-19(15-13-18)20-10-7-8-11-21(20)25-28-30-31-29-25/h7-8,10-15,17H,5-6,9,16H2,1-4H3,(H,28,29,30,31). The number of tetrazole rings is 1. The van der Waals surface area contributed by atoms with E-state index in [1.165, 1.54) is 0 Å². The molecule has 0 amide bonds. The van der Waals surface area contributed by atoms with Crippen molar-refractivity contribution in [3.8, 4) is 22.5 Å². The molecule has 4 rings (SSSR count). The molecule has 0 bridgehead atoms. The van der Waals surface area contributed by atoms with Gasteiger partial charge >= 0.3 is 5.97 Å². The molecule has 1 N–H and O–H groups in total. The highest BCUT2D eigenvalue weighted by Crippen LogP contribution is 2.30. The number of hydrogen-bond donors (Lipinski definition) is 1. The monoisotopic (exact) mass is 458 g/mol. The number of H-pyrrole nitrogens is 1. The average Bonchev–Trinajstić information content (AvgIpc) is 3.49. The van der Waals surface area contributed by atoms with Crippen molar-refractivity contribution in [2.24, 2.45) is 0 Å². The van der Waals surface area contributed by atoms with Crippen LogP contribution in [0.2, 0.25) is 0 Å². The molecule has 2 heterocycles. The highest BCUT2D eigenvalue weighted by atomic mass is 16.5. The van der Waals surface area contributed by atoms with E-state index in [-0.39, 0.29) is 11.9 Å². The quantitative estimate of drug-likeness (QED) is 0.353. The number of benzene rings is 2. The lowest BCUT2D eigenvalue weighted by atomic mass is 9.98. The molecule has 34 heavy (non-hydrogen) atoms. The summed E-state index contributed by atoms with van der Waals surface area (Å²) in [7, 11) is 0. The Morgan fingerprint density at radius 1 is 1.06 bits per heavy atom. The maximum Gasteiger partial charge on any atom is 0.356 e. The number of nitrogens with one attached hydrogen (secondary N) is 1. The number of aromatic nitrogens is 6. The van der Waals surface area contributed by atoms with Crippen molar-refractivity contribution in [3.05, 3.63) is 71.3 Å². The van der Waals surface area contributed by atoms with Crippen LogP contribution in [0.15, 0.2) is 48.5 Å². The molecule has 0 spiro atoms. The molecule has 0 aliphatic rings.